The van der Waals surface area contributed by atoms with Crippen LogP contribution in [0.15, 0.2) is 0 Å². The van der Waals surface area contributed by atoms with Crippen LogP contribution in [0.2, 0.25) is 0 Å². The molecule has 0 radical (unpaired) electrons. The Morgan fingerprint density at radius 3 is 3.10 bits per heavy atom. The fourth-order valence-corrected chi connectivity index (χ4v) is 0.860. The van der Waals surface area contributed by atoms with Crippen molar-refractivity contribution in [2.75, 3.05) is 19.8 Å². The molecule has 1 fully saturated rings. The maximum absolute atomic E-state index is 10.3. The maximum atomic E-state index is 10.3. The van der Waals surface area contributed by atoms with E-state index < -0.39 is 0 Å². The van der Waals surface area contributed by atoms with Crippen LogP contribution in [-0.2, 0) is 9.53 Å². The summed E-state index contributed by atoms with van der Waals surface area (Å²) >= 11 is 0. The first kappa shape index (κ1) is 7.03. The number of hydrogen-bond donors (Lipinski definition) is 0. The van der Waals surface area contributed by atoms with Gasteiger partial charge in [0.1, 0.15) is 12.3 Å². The summed E-state index contributed by atoms with van der Waals surface area (Å²) in [6.45, 7) is 1.41. The van der Waals surface area contributed by atoms with Gasteiger partial charge in [-0.2, -0.15) is 5.26 Å². The fourth-order valence-electron chi connectivity index (χ4n) is 0.860. The molecule has 4 heteroatoms. The molecule has 0 aromatic rings. The van der Waals surface area contributed by atoms with Crippen molar-refractivity contribution in [3.8, 4) is 6.19 Å². The summed E-state index contributed by atoms with van der Waals surface area (Å²) in [5, 5.41) is 8.45. The average molecular weight is 140 g/mol. The van der Waals surface area contributed by atoms with Gasteiger partial charge in [0.2, 0.25) is 0 Å². The minimum Gasteiger partial charge on any atom is -0.377 e. The van der Waals surface area contributed by atoms with Crippen LogP contribution in [0.25, 0.3) is 0 Å². The van der Waals surface area contributed by atoms with Gasteiger partial charge in [-0.1, -0.05) is 0 Å². The molecule has 0 aliphatic carbocycles. The second-order valence-electron chi connectivity index (χ2n) is 2.07. The number of morpholine rings is 1. The highest BCUT2D eigenvalue weighted by molar-refractivity contribution is 5.58. The van der Waals surface area contributed by atoms with E-state index in [0.29, 0.717) is 19.8 Å². The molecule has 1 atom stereocenters. The summed E-state index contributed by atoms with van der Waals surface area (Å²) in [6.07, 6.45) is 2.67. The van der Waals surface area contributed by atoms with E-state index in [1.54, 1.807) is 0 Å². The van der Waals surface area contributed by atoms with Crippen molar-refractivity contribution >= 4 is 6.29 Å². The van der Waals surface area contributed by atoms with Gasteiger partial charge in [0, 0.05) is 0 Å². The highest BCUT2D eigenvalue weighted by Crippen LogP contribution is 2.01. The Bertz CT molecular complexity index is 164. The van der Waals surface area contributed by atoms with Crippen molar-refractivity contribution in [3.05, 3.63) is 0 Å². The van der Waals surface area contributed by atoms with Gasteiger partial charge in [-0.25, -0.2) is 0 Å². The lowest BCUT2D eigenvalue weighted by Crippen LogP contribution is -2.43. The second kappa shape index (κ2) is 3.18. The van der Waals surface area contributed by atoms with Gasteiger partial charge in [0.25, 0.3) is 0 Å². The molecular formula is C6H8N2O2. The lowest BCUT2D eigenvalue weighted by Gasteiger charge is -2.26. The number of rotatable bonds is 1. The molecule has 0 saturated carbocycles. The van der Waals surface area contributed by atoms with Gasteiger partial charge in [-0.15, -0.1) is 0 Å². The van der Waals surface area contributed by atoms with Crippen molar-refractivity contribution in [1.29, 1.82) is 5.26 Å². The van der Waals surface area contributed by atoms with Crippen LogP contribution < -0.4 is 0 Å². The first-order chi connectivity index (χ1) is 4.88. The zero-order valence-electron chi connectivity index (χ0n) is 5.49. The topological polar surface area (TPSA) is 53.3 Å². The third kappa shape index (κ3) is 1.25. The predicted octanol–water partition coefficient (Wildman–Crippen LogP) is -0.633. The molecule has 1 unspecified atom stereocenters. The molecule has 1 saturated heterocycles. The molecular weight excluding hydrogens is 132 g/mol. The first-order valence-electron chi connectivity index (χ1n) is 3.08. The number of carbonyl (C=O) groups excluding carboxylic acids is 1. The Morgan fingerprint density at radius 1 is 1.80 bits per heavy atom. The predicted molar refractivity (Wildman–Crippen MR) is 33.0 cm³/mol. The molecule has 0 aromatic carbocycles. The number of ether oxygens (including phenoxy) is 1. The molecule has 10 heavy (non-hydrogen) atoms. The van der Waals surface area contributed by atoms with E-state index in [0.717, 1.165) is 6.29 Å². The fraction of sp³-hybridized carbons (Fsp3) is 0.667. The lowest BCUT2D eigenvalue weighted by atomic mass is 10.3. The smallest absolute Gasteiger partial charge is 0.180 e. The first-order valence-corrected chi connectivity index (χ1v) is 3.08. The summed E-state index contributed by atoms with van der Waals surface area (Å²) in [5.74, 6) is 0. The molecule has 1 heterocycles. The molecule has 0 amide bonds. The number of hydrogen-bond acceptors (Lipinski definition) is 4. The third-order valence-corrected chi connectivity index (χ3v) is 1.45. The largest absolute Gasteiger partial charge is 0.377 e. The van der Waals surface area contributed by atoms with E-state index in [4.69, 9.17) is 10.00 Å². The number of aldehydes is 1. The maximum Gasteiger partial charge on any atom is 0.180 e. The second-order valence-corrected chi connectivity index (χ2v) is 2.07. The van der Waals surface area contributed by atoms with Gasteiger partial charge in [0.05, 0.1) is 19.8 Å². The number of nitrogens with zero attached hydrogens (tertiary/aromatic N) is 2. The molecule has 54 valence electrons. The highest BCUT2D eigenvalue weighted by atomic mass is 16.5. The number of carbonyl (C=O) groups is 1. The summed E-state index contributed by atoms with van der Waals surface area (Å²) < 4.78 is 4.98. The van der Waals surface area contributed by atoms with Crippen LogP contribution in [-0.4, -0.2) is 37.0 Å². The van der Waals surface area contributed by atoms with E-state index in [9.17, 15) is 4.79 Å². The van der Waals surface area contributed by atoms with Crippen LogP contribution in [0.3, 0.4) is 0 Å². The van der Waals surface area contributed by atoms with Gasteiger partial charge in [-0.05, 0) is 0 Å². The molecule has 4 nitrogen and oxygen atoms in total. The van der Waals surface area contributed by atoms with Crippen LogP contribution in [0.5, 0.6) is 0 Å². The van der Waals surface area contributed by atoms with Crippen LogP contribution >= 0.6 is 0 Å². The third-order valence-electron chi connectivity index (χ3n) is 1.45. The normalized spacial score (nSPS) is 25.5. The van der Waals surface area contributed by atoms with E-state index in [-0.39, 0.29) is 6.04 Å². The molecule has 0 bridgehead atoms. The van der Waals surface area contributed by atoms with Crippen molar-refractivity contribution in [1.82, 2.24) is 4.90 Å². The molecule has 0 aromatic heterocycles. The van der Waals surface area contributed by atoms with Crippen LogP contribution in [0.1, 0.15) is 0 Å². The summed E-state index contributed by atoms with van der Waals surface area (Å²) in [7, 11) is 0. The average Bonchev–Trinajstić information content (AvgIpc) is 2.04. The Labute approximate surface area is 59.0 Å². The zero-order chi connectivity index (χ0) is 7.40. The van der Waals surface area contributed by atoms with E-state index in [1.807, 2.05) is 6.19 Å². The Kier molecular flexibility index (Phi) is 2.24. The molecule has 1 rings (SSSR count). The number of nitriles is 1. The van der Waals surface area contributed by atoms with Crippen LogP contribution in [0.4, 0.5) is 0 Å². The monoisotopic (exact) mass is 140 g/mol. The van der Waals surface area contributed by atoms with Gasteiger partial charge < -0.3 is 9.53 Å². The lowest BCUT2D eigenvalue weighted by molar-refractivity contribution is -0.115. The quantitative estimate of drug-likeness (QED) is 0.359. The molecule has 1 aliphatic heterocycles. The minimum atomic E-state index is -0.362. The standard InChI is InChI=1S/C6H8N2O2/c7-5-8-1-2-10-4-6(8)3-9/h3,6H,1-2,4H2. The summed E-state index contributed by atoms with van der Waals surface area (Å²) in [4.78, 5) is 11.7. The SMILES string of the molecule is N#CN1CCOCC1C=O. The Balaban J connectivity index is 2.51. The highest BCUT2D eigenvalue weighted by Gasteiger charge is 2.20. The molecule has 1 aliphatic rings. The minimum absolute atomic E-state index is 0.344. The zero-order valence-corrected chi connectivity index (χ0v) is 5.49. The van der Waals surface area contributed by atoms with Gasteiger partial charge >= 0.3 is 0 Å². The van der Waals surface area contributed by atoms with Gasteiger partial charge in [-0.3, -0.25) is 4.90 Å². The van der Waals surface area contributed by atoms with Crippen LogP contribution in [0, 0.1) is 11.5 Å². The van der Waals surface area contributed by atoms with Crippen molar-refractivity contribution in [2.45, 2.75) is 6.04 Å². The Hall–Kier alpha value is -1.08. The van der Waals surface area contributed by atoms with Crippen molar-refractivity contribution in [2.24, 2.45) is 0 Å². The van der Waals surface area contributed by atoms with Crippen molar-refractivity contribution < 1.29 is 9.53 Å². The van der Waals surface area contributed by atoms with E-state index in [2.05, 4.69) is 0 Å². The molecule has 0 spiro atoms. The summed E-state index contributed by atoms with van der Waals surface area (Å²) in [6, 6.07) is -0.362. The Morgan fingerprint density at radius 2 is 2.60 bits per heavy atom. The molecule has 0 N–H and O–H groups in total. The van der Waals surface area contributed by atoms with Crippen molar-refractivity contribution in [3.63, 3.8) is 0 Å². The van der Waals surface area contributed by atoms with E-state index >= 15 is 0 Å². The van der Waals surface area contributed by atoms with E-state index in [1.165, 1.54) is 4.90 Å². The summed E-state index contributed by atoms with van der Waals surface area (Å²) in [5.41, 5.74) is 0. The van der Waals surface area contributed by atoms with Gasteiger partial charge in [0.15, 0.2) is 6.19 Å².